The zero-order valence-corrected chi connectivity index (χ0v) is 35.7. The topological polar surface area (TPSA) is 11.4 Å². The smallest absolute Gasteiger partial charge is 0.0561 e. The van der Waals surface area contributed by atoms with E-state index in [4.69, 9.17) is 0 Å². The van der Waals surface area contributed by atoms with Crippen LogP contribution in [-0.4, -0.2) is 4.57 Å². The number of hydrogen-bond acceptors (Lipinski definition) is 4. The molecule has 0 N–H and O–H groups in total. The molecule has 0 saturated heterocycles. The van der Waals surface area contributed by atoms with E-state index in [1.165, 1.54) is 67.4 Å². The van der Waals surface area contributed by atoms with Crippen LogP contribution in [0.2, 0.25) is 0 Å². The minimum Gasteiger partial charge on any atom is -0.310 e. The highest BCUT2D eigenvalue weighted by atomic mass is 32.1. The average Bonchev–Trinajstić information content (AvgIpc) is 4.00. The maximum Gasteiger partial charge on any atom is 0.0561 e. The summed E-state index contributed by atoms with van der Waals surface area (Å²) in [7, 11) is 0. The molecule has 0 saturated carbocycles. The molecule has 3 heterocycles. The SMILES string of the molecule is c1ccc(N(c2ccc3cc4c5ccc(N(c6ccccc6)c6ccc7c(c6)sc6ccccc67)cc5n(-c5ccccc5)c4cc3c2)c2ccc3c(c2)sc2ccccc23)cc1. The van der Waals surface area contributed by atoms with Gasteiger partial charge in [-0.05, 0) is 120 Å². The molecule has 0 fully saturated rings. The minimum atomic E-state index is 1.11. The number of benzene rings is 10. The number of aromatic nitrogens is 1. The van der Waals surface area contributed by atoms with E-state index in [0.29, 0.717) is 0 Å². The largest absolute Gasteiger partial charge is 0.310 e. The maximum absolute atomic E-state index is 2.45. The second-order valence-corrected chi connectivity index (χ2v) is 18.3. The number of nitrogens with zero attached hydrogens (tertiary/aromatic N) is 3. The van der Waals surface area contributed by atoms with E-state index in [1.807, 2.05) is 22.7 Å². The van der Waals surface area contributed by atoms with E-state index in [0.717, 1.165) is 45.3 Å². The molecule has 0 aliphatic rings. The number of para-hydroxylation sites is 3. The fraction of sp³-hybridized carbons (Fsp3) is 0. The Kier molecular flexibility index (Phi) is 8.26. The lowest BCUT2D eigenvalue weighted by molar-refractivity contribution is 1.18. The van der Waals surface area contributed by atoms with E-state index < -0.39 is 0 Å². The Bertz CT molecular complexity index is 3870. The van der Waals surface area contributed by atoms with Gasteiger partial charge in [-0.3, -0.25) is 0 Å². The van der Waals surface area contributed by atoms with Gasteiger partial charge in [-0.25, -0.2) is 0 Å². The first-order chi connectivity index (χ1) is 31.2. The second-order valence-electron chi connectivity index (χ2n) is 16.2. The molecule has 3 nitrogen and oxygen atoms in total. The van der Waals surface area contributed by atoms with Gasteiger partial charge in [0.1, 0.15) is 0 Å². The van der Waals surface area contributed by atoms with Gasteiger partial charge in [0.15, 0.2) is 0 Å². The molecule has 0 spiro atoms. The van der Waals surface area contributed by atoms with Crippen molar-refractivity contribution in [2.45, 2.75) is 0 Å². The molecule has 0 atom stereocenters. The highest BCUT2D eigenvalue weighted by molar-refractivity contribution is 7.26. The molecule has 63 heavy (non-hydrogen) atoms. The Labute approximate surface area is 372 Å². The van der Waals surface area contributed by atoms with Gasteiger partial charge in [0.05, 0.1) is 11.0 Å². The van der Waals surface area contributed by atoms with Gasteiger partial charge in [-0.2, -0.15) is 0 Å². The molecule has 0 unspecified atom stereocenters. The molecular formula is C58H37N3S2. The van der Waals surface area contributed by atoms with E-state index in [2.05, 4.69) is 239 Å². The van der Waals surface area contributed by atoms with Gasteiger partial charge in [-0.15, -0.1) is 22.7 Å². The van der Waals surface area contributed by atoms with Crippen molar-refractivity contribution in [1.29, 1.82) is 0 Å². The van der Waals surface area contributed by atoms with Crippen LogP contribution in [0, 0.1) is 0 Å². The summed E-state index contributed by atoms with van der Waals surface area (Å²) in [5.74, 6) is 0. The van der Waals surface area contributed by atoms with Gasteiger partial charge < -0.3 is 14.4 Å². The van der Waals surface area contributed by atoms with Gasteiger partial charge in [0, 0.05) is 90.9 Å². The summed E-state index contributed by atoms with van der Waals surface area (Å²) < 4.78 is 7.64. The maximum atomic E-state index is 2.45. The van der Waals surface area contributed by atoms with Crippen LogP contribution in [0.1, 0.15) is 0 Å². The zero-order chi connectivity index (χ0) is 41.4. The van der Waals surface area contributed by atoms with Gasteiger partial charge in [-0.1, -0.05) is 115 Å². The molecule has 13 aromatic rings. The van der Waals surface area contributed by atoms with Crippen molar-refractivity contribution in [2.75, 3.05) is 9.80 Å². The van der Waals surface area contributed by atoms with Crippen LogP contribution in [0.25, 0.3) is 78.6 Å². The van der Waals surface area contributed by atoms with Crippen molar-refractivity contribution >= 4 is 130 Å². The van der Waals surface area contributed by atoms with Gasteiger partial charge in [0.25, 0.3) is 0 Å². The van der Waals surface area contributed by atoms with Crippen LogP contribution >= 0.6 is 22.7 Å². The van der Waals surface area contributed by atoms with Crippen LogP contribution in [0.15, 0.2) is 224 Å². The Hall–Kier alpha value is -7.70. The van der Waals surface area contributed by atoms with E-state index in [9.17, 15) is 0 Å². The lowest BCUT2D eigenvalue weighted by Crippen LogP contribution is -2.09. The van der Waals surface area contributed by atoms with Crippen molar-refractivity contribution < 1.29 is 0 Å². The summed E-state index contributed by atoms with van der Waals surface area (Å²) in [6, 6.07) is 82.2. The number of thiophene rings is 2. The van der Waals surface area contributed by atoms with Gasteiger partial charge in [0.2, 0.25) is 0 Å². The number of rotatable bonds is 7. The van der Waals surface area contributed by atoms with Gasteiger partial charge >= 0.3 is 0 Å². The molecule has 0 radical (unpaired) electrons. The summed E-state index contributed by atoms with van der Waals surface area (Å²) in [6.07, 6.45) is 0. The standard InChI is InChI=1S/C58H37N3S2/c1-4-14-40(15-5-1)59(45-27-30-50-48-20-10-12-22-55(48)62-57(50)36-45)43-25-24-38-33-52-47-29-26-44(35-54(47)61(42-18-8-3-9-19-42)53(52)34-39(38)32-43)60(41-16-6-2-7-17-41)46-28-31-51-49-21-11-13-23-56(49)63-58(51)37-46/h1-37H. The third-order valence-electron chi connectivity index (χ3n) is 12.5. The minimum absolute atomic E-state index is 1.11. The predicted molar refractivity (Wildman–Crippen MR) is 273 cm³/mol. The summed E-state index contributed by atoms with van der Waals surface area (Å²) in [6.45, 7) is 0. The molecule has 13 rings (SSSR count). The van der Waals surface area contributed by atoms with Crippen molar-refractivity contribution in [2.24, 2.45) is 0 Å². The first-order valence-electron chi connectivity index (χ1n) is 21.3. The van der Waals surface area contributed by atoms with Crippen LogP contribution in [0.5, 0.6) is 0 Å². The third-order valence-corrected chi connectivity index (χ3v) is 14.8. The highest BCUT2D eigenvalue weighted by Crippen LogP contribution is 2.45. The molecule has 5 heteroatoms. The Morgan fingerprint density at radius 2 is 0.714 bits per heavy atom. The quantitative estimate of drug-likeness (QED) is 0.158. The number of fused-ring (bicyclic) bond motifs is 10. The van der Waals surface area contributed by atoms with Crippen molar-refractivity contribution in [3.05, 3.63) is 224 Å². The first-order valence-corrected chi connectivity index (χ1v) is 23.0. The van der Waals surface area contributed by atoms with E-state index >= 15 is 0 Å². The van der Waals surface area contributed by atoms with Crippen molar-refractivity contribution in [3.63, 3.8) is 0 Å². The summed E-state index contributed by atoms with van der Waals surface area (Å²) in [5.41, 5.74) is 10.2. The molecular weight excluding hydrogens is 803 g/mol. The Morgan fingerprint density at radius 1 is 0.270 bits per heavy atom. The van der Waals surface area contributed by atoms with Crippen molar-refractivity contribution in [3.8, 4) is 5.69 Å². The lowest BCUT2D eigenvalue weighted by Gasteiger charge is -2.26. The molecule has 0 bridgehead atoms. The van der Waals surface area contributed by atoms with Crippen LogP contribution in [0.3, 0.4) is 0 Å². The monoisotopic (exact) mass is 839 g/mol. The van der Waals surface area contributed by atoms with Crippen LogP contribution < -0.4 is 9.80 Å². The molecule has 10 aromatic carbocycles. The molecule has 3 aromatic heterocycles. The van der Waals surface area contributed by atoms with E-state index in [1.54, 1.807) is 0 Å². The molecule has 296 valence electrons. The molecule has 0 aliphatic heterocycles. The predicted octanol–water partition coefficient (Wildman–Crippen LogP) is 17.6. The Morgan fingerprint density at radius 3 is 1.30 bits per heavy atom. The number of hydrogen-bond donors (Lipinski definition) is 0. The van der Waals surface area contributed by atoms with E-state index in [-0.39, 0.29) is 0 Å². The second kappa shape index (κ2) is 14.5. The fourth-order valence-electron chi connectivity index (χ4n) is 9.63. The first kappa shape index (κ1) is 36.0. The Balaban J connectivity index is 0.996. The third kappa shape index (κ3) is 5.93. The summed E-state index contributed by atoms with van der Waals surface area (Å²) in [4.78, 5) is 4.79. The zero-order valence-electron chi connectivity index (χ0n) is 34.0. The highest BCUT2D eigenvalue weighted by Gasteiger charge is 2.21. The fourth-order valence-corrected chi connectivity index (χ4v) is 11.9. The average molecular weight is 840 g/mol. The number of anilines is 6. The summed E-state index contributed by atoms with van der Waals surface area (Å²) in [5, 5.41) is 10.1. The van der Waals surface area contributed by atoms with Crippen molar-refractivity contribution in [1.82, 2.24) is 4.57 Å². The summed E-state index contributed by atoms with van der Waals surface area (Å²) >= 11 is 3.72. The van der Waals surface area contributed by atoms with Crippen LogP contribution in [-0.2, 0) is 0 Å². The molecule has 0 amide bonds. The normalized spacial score (nSPS) is 11.8. The lowest BCUT2D eigenvalue weighted by atomic mass is 10.0. The molecule has 0 aliphatic carbocycles. The van der Waals surface area contributed by atoms with Crippen LogP contribution in [0.4, 0.5) is 34.1 Å².